The third kappa shape index (κ3) is 2.19. The molecule has 0 spiro atoms. The number of carbonyl (C=O) groups is 1. The zero-order valence-electron chi connectivity index (χ0n) is 10.0. The zero-order valence-corrected chi connectivity index (χ0v) is 10.0. The summed E-state index contributed by atoms with van der Waals surface area (Å²) in [5, 5.41) is 7.12. The van der Waals surface area contributed by atoms with Gasteiger partial charge in [0, 0.05) is 5.39 Å². The molecule has 1 amide bonds. The third-order valence-corrected chi connectivity index (χ3v) is 3.23. The van der Waals surface area contributed by atoms with Gasteiger partial charge in [-0.3, -0.25) is 4.79 Å². The SMILES string of the molecule is O=C(Nc1ccc2ccccc2n1)C1CCCN1. The Kier molecular flexibility index (Phi) is 2.94. The molecule has 2 N–H and O–H groups in total. The first-order chi connectivity index (χ1) is 8.83. The molecular weight excluding hydrogens is 226 g/mol. The largest absolute Gasteiger partial charge is 0.309 e. The van der Waals surface area contributed by atoms with E-state index in [2.05, 4.69) is 15.6 Å². The van der Waals surface area contributed by atoms with E-state index < -0.39 is 0 Å². The van der Waals surface area contributed by atoms with E-state index in [-0.39, 0.29) is 11.9 Å². The molecule has 0 aliphatic carbocycles. The highest BCUT2D eigenvalue weighted by molar-refractivity contribution is 5.95. The lowest BCUT2D eigenvalue weighted by Gasteiger charge is -2.10. The van der Waals surface area contributed by atoms with Gasteiger partial charge in [-0.25, -0.2) is 4.98 Å². The molecule has 18 heavy (non-hydrogen) atoms. The van der Waals surface area contributed by atoms with E-state index in [1.165, 1.54) is 0 Å². The second-order valence-electron chi connectivity index (χ2n) is 4.53. The number of amides is 1. The molecule has 4 nitrogen and oxygen atoms in total. The molecule has 1 fully saturated rings. The van der Waals surface area contributed by atoms with Crippen molar-refractivity contribution in [2.45, 2.75) is 18.9 Å². The van der Waals surface area contributed by atoms with Crippen LogP contribution in [0.1, 0.15) is 12.8 Å². The van der Waals surface area contributed by atoms with Crippen molar-refractivity contribution in [2.24, 2.45) is 0 Å². The molecule has 3 rings (SSSR count). The molecule has 1 atom stereocenters. The van der Waals surface area contributed by atoms with Crippen LogP contribution in [0.5, 0.6) is 0 Å². The molecule has 1 aliphatic rings. The van der Waals surface area contributed by atoms with Crippen molar-refractivity contribution in [3.63, 3.8) is 0 Å². The fourth-order valence-corrected chi connectivity index (χ4v) is 2.26. The van der Waals surface area contributed by atoms with Gasteiger partial charge in [-0.1, -0.05) is 18.2 Å². The molecule has 1 aromatic heterocycles. The number of hydrogen-bond donors (Lipinski definition) is 2. The maximum Gasteiger partial charge on any atom is 0.242 e. The summed E-state index contributed by atoms with van der Waals surface area (Å²) in [5.41, 5.74) is 0.898. The van der Waals surface area contributed by atoms with Crippen LogP contribution in [0.4, 0.5) is 5.82 Å². The summed E-state index contributed by atoms with van der Waals surface area (Å²) < 4.78 is 0. The van der Waals surface area contributed by atoms with Gasteiger partial charge in [0.25, 0.3) is 0 Å². The molecule has 1 aromatic carbocycles. The van der Waals surface area contributed by atoms with Gasteiger partial charge in [-0.15, -0.1) is 0 Å². The molecule has 0 radical (unpaired) electrons. The fraction of sp³-hybridized carbons (Fsp3) is 0.286. The number of anilines is 1. The Balaban J connectivity index is 1.79. The van der Waals surface area contributed by atoms with E-state index in [0.29, 0.717) is 5.82 Å². The number of fused-ring (bicyclic) bond motifs is 1. The monoisotopic (exact) mass is 241 g/mol. The van der Waals surface area contributed by atoms with Crippen molar-refractivity contribution in [1.29, 1.82) is 0 Å². The summed E-state index contributed by atoms with van der Waals surface area (Å²) in [7, 11) is 0. The van der Waals surface area contributed by atoms with Gasteiger partial charge < -0.3 is 10.6 Å². The minimum atomic E-state index is -0.0710. The quantitative estimate of drug-likeness (QED) is 0.844. The number of hydrogen-bond acceptors (Lipinski definition) is 3. The van der Waals surface area contributed by atoms with Crippen LogP contribution in [0.15, 0.2) is 36.4 Å². The minimum Gasteiger partial charge on any atom is -0.309 e. The normalized spacial score (nSPS) is 19.0. The summed E-state index contributed by atoms with van der Waals surface area (Å²) in [4.78, 5) is 16.4. The van der Waals surface area contributed by atoms with Crippen LogP contribution in [0.2, 0.25) is 0 Å². The van der Waals surface area contributed by atoms with Crippen LogP contribution in [0.25, 0.3) is 10.9 Å². The third-order valence-electron chi connectivity index (χ3n) is 3.23. The maximum atomic E-state index is 11.9. The number of nitrogens with one attached hydrogen (secondary N) is 2. The highest BCUT2D eigenvalue weighted by atomic mass is 16.2. The lowest BCUT2D eigenvalue weighted by Crippen LogP contribution is -2.35. The van der Waals surface area contributed by atoms with Gasteiger partial charge in [0.05, 0.1) is 11.6 Å². The minimum absolute atomic E-state index is 0.00952. The van der Waals surface area contributed by atoms with E-state index in [4.69, 9.17) is 0 Å². The number of aromatic nitrogens is 1. The lowest BCUT2D eigenvalue weighted by atomic mass is 10.2. The van der Waals surface area contributed by atoms with Crippen LogP contribution in [0, 0.1) is 0 Å². The second kappa shape index (κ2) is 4.74. The highest BCUT2D eigenvalue weighted by Gasteiger charge is 2.22. The predicted octanol–water partition coefficient (Wildman–Crippen LogP) is 1.93. The number of para-hydroxylation sites is 1. The Morgan fingerprint density at radius 3 is 3.00 bits per heavy atom. The molecule has 1 unspecified atom stereocenters. The Morgan fingerprint density at radius 2 is 2.17 bits per heavy atom. The standard InChI is InChI=1S/C14H15N3O/c18-14(12-6-3-9-15-12)17-13-8-7-10-4-1-2-5-11(10)16-13/h1-2,4-5,7-8,12,15H,3,6,9H2,(H,16,17,18). The van der Waals surface area contributed by atoms with Gasteiger partial charge in [0.15, 0.2) is 0 Å². The van der Waals surface area contributed by atoms with Gasteiger partial charge in [0.2, 0.25) is 5.91 Å². The molecular formula is C14H15N3O. The predicted molar refractivity (Wildman–Crippen MR) is 71.4 cm³/mol. The summed E-state index contributed by atoms with van der Waals surface area (Å²) in [6.45, 7) is 0.920. The molecule has 2 aromatic rings. The number of nitrogens with zero attached hydrogens (tertiary/aromatic N) is 1. The highest BCUT2D eigenvalue weighted by Crippen LogP contribution is 2.15. The van der Waals surface area contributed by atoms with E-state index >= 15 is 0 Å². The number of rotatable bonds is 2. The average molecular weight is 241 g/mol. The molecule has 2 heterocycles. The second-order valence-corrected chi connectivity index (χ2v) is 4.53. The molecule has 1 aliphatic heterocycles. The van der Waals surface area contributed by atoms with E-state index in [0.717, 1.165) is 30.3 Å². The first-order valence-corrected chi connectivity index (χ1v) is 6.23. The van der Waals surface area contributed by atoms with Crippen molar-refractivity contribution in [1.82, 2.24) is 10.3 Å². The number of pyridine rings is 1. The first-order valence-electron chi connectivity index (χ1n) is 6.23. The average Bonchev–Trinajstić information content (AvgIpc) is 2.92. The Hall–Kier alpha value is -1.94. The summed E-state index contributed by atoms with van der Waals surface area (Å²) in [6, 6.07) is 11.6. The number of benzene rings is 1. The van der Waals surface area contributed by atoms with Crippen molar-refractivity contribution >= 4 is 22.6 Å². The van der Waals surface area contributed by atoms with Crippen LogP contribution in [-0.2, 0) is 4.79 Å². The summed E-state index contributed by atoms with van der Waals surface area (Å²) in [5.74, 6) is 0.627. The van der Waals surface area contributed by atoms with Crippen molar-refractivity contribution < 1.29 is 4.79 Å². The maximum absolute atomic E-state index is 11.9. The molecule has 0 bridgehead atoms. The molecule has 0 saturated carbocycles. The van der Waals surface area contributed by atoms with Gasteiger partial charge in [-0.2, -0.15) is 0 Å². The number of carbonyl (C=O) groups excluding carboxylic acids is 1. The molecule has 1 saturated heterocycles. The van der Waals surface area contributed by atoms with Crippen molar-refractivity contribution in [3.8, 4) is 0 Å². The van der Waals surface area contributed by atoms with E-state index in [9.17, 15) is 4.79 Å². The van der Waals surface area contributed by atoms with Gasteiger partial charge in [0.1, 0.15) is 5.82 Å². The van der Waals surface area contributed by atoms with Crippen LogP contribution < -0.4 is 10.6 Å². The van der Waals surface area contributed by atoms with E-state index in [1.54, 1.807) is 0 Å². The lowest BCUT2D eigenvalue weighted by molar-refractivity contribution is -0.117. The topological polar surface area (TPSA) is 54.0 Å². The zero-order chi connectivity index (χ0) is 12.4. The van der Waals surface area contributed by atoms with Crippen LogP contribution in [0.3, 0.4) is 0 Å². The summed E-state index contributed by atoms with van der Waals surface area (Å²) >= 11 is 0. The van der Waals surface area contributed by atoms with Crippen molar-refractivity contribution in [3.05, 3.63) is 36.4 Å². The van der Waals surface area contributed by atoms with Crippen LogP contribution in [-0.4, -0.2) is 23.5 Å². The van der Waals surface area contributed by atoms with Crippen LogP contribution >= 0.6 is 0 Å². The fourth-order valence-electron chi connectivity index (χ4n) is 2.26. The Labute approximate surface area is 105 Å². The molecule has 4 heteroatoms. The van der Waals surface area contributed by atoms with E-state index in [1.807, 2.05) is 36.4 Å². The Morgan fingerprint density at radius 1 is 1.28 bits per heavy atom. The summed E-state index contributed by atoms with van der Waals surface area (Å²) in [6.07, 6.45) is 1.96. The van der Waals surface area contributed by atoms with Crippen molar-refractivity contribution in [2.75, 3.05) is 11.9 Å². The molecule has 92 valence electrons. The van der Waals surface area contributed by atoms with Gasteiger partial charge in [-0.05, 0) is 37.6 Å². The first kappa shape index (κ1) is 11.2. The Bertz CT molecular complexity index is 576. The van der Waals surface area contributed by atoms with Gasteiger partial charge >= 0.3 is 0 Å². The smallest absolute Gasteiger partial charge is 0.242 e.